The highest BCUT2D eigenvalue weighted by Gasteiger charge is 2.18. The molecule has 0 spiro atoms. The molecule has 2 aromatic rings. The fourth-order valence-corrected chi connectivity index (χ4v) is 3.19. The summed E-state index contributed by atoms with van der Waals surface area (Å²) in [6.45, 7) is 2.32. The molecule has 1 fully saturated rings. The van der Waals surface area contributed by atoms with E-state index in [4.69, 9.17) is 0 Å². The van der Waals surface area contributed by atoms with Crippen LogP contribution in [-0.4, -0.2) is 10.2 Å². The lowest BCUT2D eigenvalue weighted by Gasteiger charge is -2.24. The van der Waals surface area contributed by atoms with Gasteiger partial charge in [0, 0.05) is 0 Å². The molecule has 0 aliphatic heterocycles. The van der Waals surface area contributed by atoms with Gasteiger partial charge in [-0.05, 0) is 72.6 Å². The van der Waals surface area contributed by atoms with Crippen LogP contribution in [-0.2, 0) is 0 Å². The van der Waals surface area contributed by atoms with Gasteiger partial charge < -0.3 is 10.2 Å². The summed E-state index contributed by atoms with van der Waals surface area (Å²) in [7, 11) is 0. The second kappa shape index (κ2) is 6.27. The zero-order valence-electron chi connectivity index (χ0n) is 12.9. The van der Waals surface area contributed by atoms with Gasteiger partial charge in [0.1, 0.15) is 11.5 Å². The third kappa shape index (κ3) is 3.16. The number of aromatic hydroxyl groups is 2. The van der Waals surface area contributed by atoms with Crippen molar-refractivity contribution in [2.75, 3.05) is 0 Å². The molecule has 0 amide bonds. The van der Waals surface area contributed by atoms with E-state index in [0.717, 1.165) is 29.9 Å². The Morgan fingerprint density at radius 1 is 0.773 bits per heavy atom. The summed E-state index contributed by atoms with van der Waals surface area (Å²) in [5.41, 5.74) is 5.00. The molecule has 0 saturated heterocycles. The number of hydrogen-bond acceptors (Lipinski definition) is 2. The SMILES string of the molecule is CC1CCC(=C(c2ccc(O)cc2)c2ccc(O)cc2)CC1. The van der Waals surface area contributed by atoms with Gasteiger partial charge in [-0.2, -0.15) is 0 Å². The Bertz CT molecular complexity index is 608. The van der Waals surface area contributed by atoms with E-state index >= 15 is 0 Å². The number of allylic oxidation sites excluding steroid dienone is 1. The van der Waals surface area contributed by atoms with Crippen LogP contribution < -0.4 is 0 Å². The fourth-order valence-electron chi connectivity index (χ4n) is 3.19. The van der Waals surface area contributed by atoms with E-state index in [0.29, 0.717) is 0 Å². The Labute approximate surface area is 131 Å². The normalized spacial score (nSPS) is 18.2. The molecule has 3 rings (SSSR count). The summed E-state index contributed by atoms with van der Waals surface area (Å²) in [6, 6.07) is 14.9. The highest BCUT2D eigenvalue weighted by molar-refractivity contribution is 5.82. The highest BCUT2D eigenvalue weighted by atomic mass is 16.3. The third-order valence-corrected chi connectivity index (χ3v) is 4.54. The minimum absolute atomic E-state index is 0.288. The average molecular weight is 294 g/mol. The molecule has 0 bridgehead atoms. The quantitative estimate of drug-likeness (QED) is 0.808. The maximum absolute atomic E-state index is 9.54. The van der Waals surface area contributed by atoms with Crippen molar-refractivity contribution in [3.63, 3.8) is 0 Å². The molecule has 1 aliphatic carbocycles. The van der Waals surface area contributed by atoms with E-state index in [9.17, 15) is 10.2 Å². The number of rotatable bonds is 2. The summed E-state index contributed by atoms with van der Waals surface area (Å²) in [5, 5.41) is 19.1. The van der Waals surface area contributed by atoms with Gasteiger partial charge in [0.2, 0.25) is 0 Å². The Morgan fingerprint density at radius 3 is 1.59 bits per heavy atom. The minimum Gasteiger partial charge on any atom is -0.508 e. The number of hydrogen-bond donors (Lipinski definition) is 2. The van der Waals surface area contributed by atoms with Gasteiger partial charge in [0.15, 0.2) is 0 Å². The molecular weight excluding hydrogens is 272 g/mol. The van der Waals surface area contributed by atoms with Crippen LogP contribution in [0.4, 0.5) is 0 Å². The van der Waals surface area contributed by atoms with Gasteiger partial charge in [-0.3, -0.25) is 0 Å². The van der Waals surface area contributed by atoms with Crippen molar-refractivity contribution in [2.24, 2.45) is 5.92 Å². The van der Waals surface area contributed by atoms with E-state index in [1.54, 1.807) is 24.3 Å². The summed E-state index contributed by atoms with van der Waals surface area (Å²) in [4.78, 5) is 0. The van der Waals surface area contributed by atoms with E-state index in [2.05, 4.69) is 6.92 Å². The Balaban J connectivity index is 2.07. The minimum atomic E-state index is 0.288. The second-order valence-corrected chi connectivity index (χ2v) is 6.25. The molecule has 0 radical (unpaired) electrons. The molecule has 0 heterocycles. The van der Waals surface area contributed by atoms with Crippen LogP contribution >= 0.6 is 0 Å². The van der Waals surface area contributed by atoms with Crippen molar-refractivity contribution in [1.82, 2.24) is 0 Å². The molecule has 1 saturated carbocycles. The third-order valence-electron chi connectivity index (χ3n) is 4.54. The molecule has 0 aromatic heterocycles. The standard InChI is InChI=1S/C20H22O2/c1-14-2-4-15(5-3-14)20(16-6-10-18(21)11-7-16)17-8-12-19(22)13-9-17/h6-14,21-22H,2-5H2,1H3. The summed E-state index contributed by atoms with van der Waals surface area (Å²) >= 11 is 0. The smallest absolute Gasteiger partial charge is 0.115 e. The first-order chi connectivity index (χ1) is 10.6. The first kappa shape index (κ1) is 14.7. The molecule has 114 valence electrons. The molecule has 22 heavy (non-hydrogen) atoms. The van der Waals surface area contributed by atoms with Crippen molar-refractivity contribution in [2.45, 2.75) is 32.6 Å². The fraction of sp³-hybridized carbons (Fsp3) is 0.300. The summed E-state index contributed by atoms with van der Waals surface area (Å²) < 4.78 is 0. The molecule has 1 aliphatic rings. The van der Waals surface area contributed by atoms with Crippen LogP contribution in [0.3, 0.4) is 0 Å². The van der Waals surface area contributed by atoms with Gasteiger partial charge in [-0.15, -0.1) is 0 Å². The van der Waals surface area contributed by atoms with Crippen LogP contribution in [0.2, 0.25) is 0 Å². The Hall–Kier alpha value is -2.22. The molecule has 2 aromatic carbocycles. The van der Waals surface area contributed by atoms with Crippen LogP contribution in [0.1, 0.15) is 43.7 Å². The van der Waals surface area contributed by atoms with E-state index in [1.165, 1.54) is 24.0 Å². The lowest BCUT2D eigenvalue weighted by molar-refractivity contribution is 0.445. The molecular formula is C20H22O2. The molecule has 2 N–H and O–H groups in total. The van der Waals surface area contributed by atoms with Gasteiger partial charge in [0.05, 0.1) is 0 Å². The Kier molecular flexibility index (Phi) is 4.19. The molecule has 0 atom stereocenters. The van der Waals surface area contributed by atoms with Gasteiger partial charge in [-0.1, -0.05) is 36.8 Å². The maximum atomic E-state index is 9.54. The summed E-state index contributed by atoms with van der Waals surface area (Å²) in [6.07, 6.45) is 4.71. The average Bonchev–Trinajstić information content (AvgIpc) is 2.53. The van der Waals surface area contributed by atoms with Crippen molar-refractivity contribution < 1.29 is 10.2 Å². The first-order valence-electron chi connectivity index (χ1n) is 7.94. The van der Waals surface area contributed by atoms with Crippen LogP contribution in [0, 0.1) is 5.92 Å². The zero-order valence-corrected chi connectivity index (χ0v) is 12.9. The monoisotopic (exact) mass is 294 g/mol. The molecule has 0 unspecified atom stereocenters. The largest absolute Gasteiger partial charge is 0.508 e. The van der Waals surface area contributed by atoms with E-state index in [-0.39, 0.29) is 11.5 Å². The topological polar surface area (TPSA) is 40.5 Å². The van der Waals surface area contributed by atoms with Crippen molar-refractivity contribution in [1.29, 1.82) is 0 Å². The van der Waals surface area contributed by atoms with Gasteiger partial charge >= 0.3 is 0 Å². The van der Waals surface area contributed by atoms with Crippen molar-refractivity contribution in [3.05, 3.63) is 65.2 Å². The van der Waals surface area contributed by atoms with Crippen LogP contribution in [0.15, 0.2) is 54.1 Å². The van der Waals surface area contributed by atoms with Crippen molar-refractivity contribution >= 4 is 5.57 Å². The van der Waals surface area contributed by atoms with E-state index in [1.807, 2.05) is 24.3 Å². The molecule has 2 nitrogen and oxygen atoms in total. The van der Waals surface area contributed by atoms with Gasteiger partial charge in [-0.25, -0.2) is 0 Å². The second-order valence-electron chi connectivity index (χ2n) is 6.25. The Morgan fingerprint density at radius 2 is 1.18 bits per heavy atom. The zero-order chi connectivity index (χ0) is 15.5. The predicted molar refractivity (Wildman–Crippen MR) is 89.9 cm³/mol. The number of phenolic OH excluding ortho intramolecular Hbond substituents is 2. The summed E-state index contributed by atoms with van der Waals surface area (Å²) in [5.74, 6) is 1.37. The first-order valence-corrected chi connectivity index (χ1v) is 7.94. The van der Waals surface area contributed by atoms with E-state index < -0.39 is 0 Å². The number of phenols is 2. The predicted octanol–water partition coefficient (Wildman–Crippen LogP) is 5.11. The van der Waals surface area contributed by atoms with Gasteiger partial charge in [0.25, 0.3) is 0 Å². The lowest BCUT2D eigenvalue weighted by Crippen LogP contribution is -2.06. The lowest BCUT2D eigenvalue weighted by atomic mass is 9.81. The highest BCUT2D eigenvalue weighted by Crippen LogP contribution is 2.37. The maximum Gasteiger partial charge on any atom is 0.115 e. The number of benzene rings is 2. The van der Waals surface area contributed by atoms with Crippen LogP contribution in [0.25, 0.3) is 5.57 Å². The van der Waals surface area contributed by atoms with Crippen LogP contribution in [0.5, 0.6) is 11.5 Å². The molecule has 2 heteroatoms. The van der Waals surface area contributed by atoms with Crippen molar-refractivity contribution in [3.8, 4) is 11.5 Å².